The quantitative estimate of drug-likeness (QED) is 0.203. The van der Waals surface area contributed by atoms with Crippen molar-refractivity contribution in [2.45, 2.75) is 83.5 Å². The second-order valence-electron chi connectivity index (χ2n) is 9.62. The number of nitrogens with one attached hydrogen (secondary N) is 1. The molecule has 1 aliphatic rings. The topological polar surface area (TPSA) is 158 Å². The van der Waals surface area contributed by atoms with Gasteiger partial charge in [-0.2, -0.15) is 0 Å². The highest BCUT2D eigenvalue weighted by Gasteiger charge is 2.42. The van der Waals surface area contributed by atoms with E-state index in [2.05, 4.69) is 5.32 Å². The van der Waals surface area contributed by atoms with Gasteiger partial charge in [0.25, 0.3) is 0 Å². The van der Waals surface area contributed by atoms with E-state index in [1.54, 1.807) is 46.4 Å². The Bertz CT molecular complexity index is 558. The fourth-order valence-corrected chi connectivity index (χ4v) is 2.91. The van der Waals surface area contributed by atoms with Crippen LogP contribution in [0.25, 0.3) is 0 Å². The minimum Gasteiger partial charge on any atom is -0.459 e. The number of hydrogen-bond donors (Lipinski definition) is 5. The average molecular weight is 451 g/mol. The molecule has 0 spiro atoms. The lowest BCUT2D eigenvalue weighted by Crippen LogP contribution is -2.59. The first-order valence-corrected chi connectivity index (χ1v) is 10.3. The van der Waals surface area contributed by atoms with Gasteiger partial charge in [-0.1, -0.05) is 0 Å². The summed E-state index contributed by atoms with van der Waals surface area (Å²) in [5.41, 5.74) is -1.32. The molecule has 11 heteroatoms. The highest BCUT2D eigenvalue weighted by Crippen LogP contribution is 2.19. The Morgan fingerprint density at radius 1 is 0.871 bits per heavy atom. The van der Waals surface area contributed by atoms with Crippen LogP contribution in [0.4, 0.5) is 0 Å². The van der Waals surface area contributed by atoms with Crippen molar-refractivity contribution in [3.8, 4) is 0 Å². The largest absolute Gasteiger partial charge is 0.459 e. The molecule has 5 N–H and O–H groups in total. The van der Waals surface area contributed by atoms with Crippen LogP contribution in [0, 0.1) is 0 Å². The molecule has 182 valence electrons. The molecule has 11 nitrogen and oxygen atoms in total. The van der Waals surface area contributed by atoms with E-state index < -0.39 is 53.8 Å². The molecule has 1 fully saturated rings. The second-order valence-corrected chi connectivity index (χ2v) is 9.62. The maximum Gasteiger partial charge on any atom is 0.320 e. The van der Waals surface area contributed by atoms with Gasteiger partial charge in [0.1, 0.15) is 35.6 Å². The average Bonchev–Trinajstić information content (AvgIpc) is 2.57. The molecule has 0 aliphatic carbocycles. The molecule has 3 unspecified atom stereocenters. The number of nitrogens with zero attached hydrogens (tertiary/aromatic N) is 1. The Balaban J connectivity index is 2.59. The van der Waals surface area contributed by atoms with Crippen molar-refractivity contribution >= 4 is 11.9 Å². The lowest BCUT2D eigenvalue weighted by molar-refractivity contribution is -0.280. The van der Waals surface area contributed by atoms with Crippen molar-refractivity contribution in [1.29, 1.82) is 0 Å². The molecule has 5 atom stereocenters. The molecular weight excluding hydrogens is 412 g/mol. The van der Waals surface area contributed by atoms with E-state index in [9.17, 15) is 30.0 Å². The minimum atomic E-state index is -1.61. The van der Waals surface area contributed by atoms with Gasteiger partial charge in [-0.05, 0) is 41.5 Å². The summed E-state index contributed by atoms with van der Waals surface area (Å²) in [6.45, 7) is 10.9. The molecule has 1 rings (SSSR count). The summed E-state index contributed by atoms with van der Waals surface area (Å²) in [6.07, 6.45) is -7.07. The number of carbonyl (C=O) groups is 2. The van der Waals surface area contributed by atoms with Gasteiger partial charge < -0.3 is 40.0 Å². The lowest BCUT2D eigenvalue weighted by atomic mass is 9.99. The van der Waals surface area contributed by atoms with Crippen molar-refractivity contribution in [1.82, 2.24) is 10.2 Å². The van der Waals surface area contributed by atoms with Crippen LogP contribution in [-0.4, -0.2) is 112 Å². The van der Waals surface area contributed by atoms with E-state index in [1.807, 2.05) is 0 Å². The molecule has 0 bridgehead atoms. The van der Waals surface area contributed by atoms with E-state index in [4.69, 9.17) is 14.2 Å². The smallest absolute Gasteiger partial charge is 0.320 e. The summed E-state index contributed by atoms with van der Waals surface area (Å²) in [6, 6.07) is 0. The van der Waals surface area contributed by atoms with Crippen molar-refractivity contribution in [3.05, 3.63) is 0 Å². The third-order valence-corrected chi connectivity index (χ3v) is 4.18. The van der Waals surface area contributed by atoms with Crippen molar-refractivity contribution < 1.29 is 44.2 Å². The zero-order valence-corrected chi connectivity index (χ0v) is 19.2. The van der Waals surface area contributed by atoms with E-state index in [1.165, 1.54) is 0 Å². The van der Waals surface area contributed by atoms with Crippen molar-refractivity contribution in [2.24, 2.45) is 0 Å². The molecule has 1 aliphatic heterocycles. The Labute approximate surface area is 183 Å². The van der Waals surface area contributed by atoms with Crippen LogP contribution in [0.5, 0.6) is 0 Å². The van der Waals surface area contributed by atoms with E-state index >= 15 is 0 Å². The Morgan fingerprint density at radius 2 is 1.35 bits per heavy atom. The van der Waals surface area contributed by atoms with Crippen molar-refractivity contribution in [2.75, 3.05) is 32.7 Å². The van der Waals surface area contributed by atoms with Gasteiger partial charge in [0, 0.05) is 19.6 Å². The van der Waals surface area contributed by atoms with Gasteiger partial charge in [-0.3, -0.25) is 14.5 Å². The molecule has 1 saturated heterocycles. The first kappa shape index (κ1) is 27.7. The zero-order chi connectivity index (χ0) is 24.0. The summed E-state index contributed by atoms with van der Waals surface area (Å²) in [5.74, 6) is -0.968. The summed E-state index contributed by atoms with van der Waals surface area (Å²) in [7, 11) is 0. The Hall–Kier alpha value is -1.34. The number of ether oxygens (including phenoxy) is 3. The van der Waals surface area contributed by atoms with Gasteiger partial charge in [0.05, 0.1) is 13.1 Å². The molecule has 0 aromatic carbocycles. The van der Waals surface area contributed by atoms with E-state index in [0.29, 0.717) is 6.54 Å². The second kappa shape index (κ2) is 11.5. The van der Waals surface area contributed by atoms with E-state index in [0.717, 1.165) is 0 Å². The van der Waals surface area contributed by atoms with E-state index in [-0.39, 0.29) is 26.2 Å². The maximum absolute atomic E-state index is 12.2. The number of hydrogen-bond acceptors (Lipinski definition) is 11. The molecule has 0 aromatic rings. The first-order chi connectivity index (χ1) is 14.1. The highest BCUT2D eigenvalue weighted by molar-refractivity contribution is 5.75. The van der Waals surface area contributed by atoms with Crippen LogP contribution in [0.2, 0.25) is 0 Å². The van der Waals surface area contributed by atoms with Gasteiger partial charge in [0.2, 0.25) is 0 Å². The molecule has 0 amide bonds. The van der Waals surface area contributed by atoms with Crippen LogP contribution in [-0.2, 0) is 23.8 Å². The van der Waals surface area contributed by atoms with Crippen molar-refractivity contribution in [3.63, 3.8) is 0 Å². The fraction of sp³-hybridized carbons (Fsp3) is 0.900. The third-order valence-electron chi connectivity index (χ3n) is 4.18. The number of esters is 2. The lowest BCUT2D eigenvalue weighted by Gasteiger charge is -2.38. The zero-order valence-electron chi connectivity index (χ0n) is 19.2. The molecule has 31 heavy (non-hydrogen) atoms. The monoisotopic (exact) mass is 450 g/mol. The molecule has 0 aromatic heterocycles. The van der Waals surface area contributed by atoms with Gasteiger partial charge in [0.15, 0.2) is 6.29 Å². The van der Waals surface area contributed by atoms with Crippen LogP contribution in [0.3, 0.4) is 0 Å². The molecule has 1 heterocycles. The normalized spacial score (nSPS) is 27.3. The predicted octanol–water partition coefficient (Wildman–Crippen LogP) is -1.64. The number of aliphatic hydroxyl groups is 4. The number of aliphatic hydroxyl groups excluding tert-OH is 4. The summed E-state index contributed by atoms with van der Waals surface area (Å²) >= 11 is 0. The fourth-order valence-electron chi connectivity index (χ4n) is 2.91. The summed E-state index contributed by atoms with van der Waals surface area (Å²) in [4.78, 5) is 26.0. The van der Waals surface area contributed by atoms with Gasteiger partial charge in [-0.15, -0.1) is 0 Å². The number of rotatable bonds is 9. The molecular formula is C20H38N2O9. The maximum atomic E-state index is 12.2. The van der Waals surface area contributed by atoms with Crippen LogP contribution < -0.4 is 5.32 Å². The standard InChI is InChI=1S/C20H38N2O9/c1-19(2,3)30-13(23)10-22(11-14(24)31-20(4,5)6)8-7-21-9-12-15(25)16(26)17(27)18(28)29-12/h12,15-18,21,25-28H,7-11H2,1-6H3/t12?,15-,16+,17?,18?/m1/s1. The minimum absolute atomic E-state index is 0.0642. The summed E-state index contributed by atoms with van der Waals surface area (Å²) < 4.78 is 15.7. The summed E-state index contributed by atoms with van der Waals surface area (Å²) in [5, 5.41) is 41.8. The predicted molar refractivity (Wildman–Crippen MR) is 110 cm³/mol. The Kier molecular flexibility index (Phi) is 10.3. The molecule has 0 saturated carbocycles. The molecule has 0 radical (unpaired) electrons. The third kappa shape index (κ3) is 10.7. The SMILES string of the molecule is CC(C)(C)OC(=O)CN(CCNCC1OC(O)C(O)[C@@H](O)[C@@H]1O)CC(=O)OC(C)(C)C. The van der Waals surface area contributed by atoms with Gasteiger partial charge >= 0.3 is 11.9 Å². The highest BCUT2D eigenvalue weighted by atomic mass is 16.6. The van der Waals surface area contributed by atoms with Crippen LogP contribution in [0.15, 0.2) is 0 Å². The van der Waals surface area contributed by atoms with Crippen LogP contribution >= 0.6 is 0 Å². The van der Waals surface area contributed by atoms with Crippen LogP contribution in [0.1, 0.15) is 41.5 Å². The number of carbonyl (C=O) groups excluding carboxylic acids is 2. The van der Waals surface area contributed by atoms with Gasteiger partial charge in [-0.25, -0.2) is 0 Å². The Morgan fingerprint density at radius 3 is 1.81 bits per heavy atom. The first-order valence-electron chi connectivity index (χ1n) is 10.3.